The topological polar surface area (TPSA) is 90.0 Å². The molecule has 0 atom stereocenters. The molecule has 0 aliphatic carbocycles. The molecule has 6 rings (SSSR count). The van der Waals surface area contributed by atoms with Crippen molar-refractivity contribution in [3.63, 3.8) is 0 Å². The first-order chi connectivity index (χ1) is 17.6. The fraction of sp³-hybridized carbons (Fsp3) is 0.357. The number of hydrogen-bond acceptors (Lipinski definition) is 6. The third-order valence-electron chi connectivity index (χ3n) is 7.37. The Morgan fingerprint density at radius 2 is 1.89 bits per heavy atom. The molecule has 184 valence electrons. The molecule has 4 aromatic rings. The van der Waals surface area contributed by atoms with Crippen molar-refractivity contribution >= 4 is 28.3 Å². The van der Waals surface area contributed by atoms with Crippen molar-refractivity contribution in [3.8, 4) is 11.1 Å². The van der Waals surface area contributed by atoms with Gasteiger partial charge in [0.05, 0.1) is 17.4 Å². The Balaban J connectivity index is 1.19. The molecule has 0 radical (unpaired) electrons. The molecule has 1 aromatic carbocycles. The predicted molar refractivity (Wildman–Crippen MR) is 142 cm³/mol. The van der Waals surface area contributed by atoms with Crippen LogP contribution in [-0.4, -0.2) is 57.2 Å². The Kier molecular flexibility index (Phi) is 6.11. The molecule has 2 aliphatic rings. The van der Waals surface area contributed by atoms with E-state index in [0.717, 1.165) is 66.5 Å². The number of likely N-dealkylation sites (tertiary alicyclic amines) is 1. The number of nitrogens with one attached hydrogen (secondary N) is 2. The maximum atomic E-state index is 13.1. The second-order valence-electron chi connectivity index (χ2n) is 10.1. The van der Waals surface area contributed by atoms with Gasteiger partial charge in [-0.05, 0) is 79.7 Å². The zero-order valence-corrected chi connectivity index (χ0v) is 20.6. The van der Waals surface area contributed by atoms with Crippen molar-refractivity contribution < 1.29 is 4.79 Å². The van der Waals surface area contributed by atoms with Crippen LogP contribution in [0.1, 0.15) is 42.2 Å². The summed E-state index contributed by atoms with van der Waals surface area (Å²) < 4.78 is 0. The summed E-state index contributed by atoms with van der Waals surface area (Å²) in [4.78, 5) is 26.9. The maximum Gasteiger partial charge on any atom is 0.276 e. The number of piperidine rings is 1. The number of carbonyl (C=O) groups is 1. The van der Waals surface area contributed by atoms with Gasteiger partial charge >= 0.3 is 0 Å². The molecule has 8 nitrogen and oxygen atoms in total. The summed E-state index contributed by atoms with van der Waals surface area (Å²) in [6.45, 7) is 7.58. The SMILES string of the molecule is CC1CCN(c2ccc(NC(=O)c3n[nH]c4ccc(-c5cncc(CN6CCC6)c5)cc34)cn2)CC1. The standard InChI is InChI=1S/C28H31N7O/c1-19-7-11-35(12-8-19)26-6-4-23(17-30-26)31-28(36)27-24-14-21(3-5-25(24)32-33-27)22-13-20(15-29-16-22)18-34-9-2-10-34/h3-6,13-17,19H,2,7-12,18H2,1H3,(H,31,36)(H,32,33). The van der Waals surface area contributed by atoms with E-state index in [4.69, 9.17) is 0 Å². The van der Waals surface area contributed by atoms with Gasteiger partial charge in [0.2, 0.25) is 0 Å². The summed E-state index contributed by atoms with van der Waals surface area (Å²) >= 11 is 0. The summed E-state index contributed by atoms with van der Waals surface area (Å²) in [5.41, 5.74) is 5.09. The molecule has 0 bridgehead atoms. The van der Waals surface area contributed by atoms with Crippen molar-refractivity contribution in [1.82, 2.24) is 25.1 Å². The second-order valence-corrected chi connectivity index (χ2v) is 10.1. The number of H-pyrrole nitrogens is 1. The molecule has 0 saturated carbocycles. The first-order valence-corrected chi connectivity index (χ1v) is 12.8. The number of fused-ring (bicyclic) bond motifs is 1. The van der Waals surface area contributed by atoms with Crippen molar-refractivity contribution in [2.45, 2.75) is 32.7 Å². The lowest BCUT2D eigenvalue weighted by atomic mass is 9.99. The van der Waals surface area contributed by atoms with E-state index in [1.54, 1.807) is 6.20 Å². The van der Waals surface area contributed by atoms with E-state index in [1.165, 1.54) is 24.8 Å². The number of aromatic amines is 1. The van der Waals surface area contributed by atoms with E-state index >= 15 is 0 Å². The zero-order chi connectivity index (χ0) is 24.5. The molecule has 5 heterocycles. The number of benzene rings is 1. The Morgan fingerprint density at radius 3 is 2.64 bits per heavy atom. The lowest BCUT2D eigenvalue weighted by Crippen LogP contribution is -2.36. The first-order valence-electron chi connectivity index (χ1n) is 12.8. The number of carbonyl (C=O) groups excluding carboxylic acids is 1. The van der Waals surface area contributed by atoms with Gasteiger partial charge in [-0.1, -0.05) is 13.0 Å². The van der Waals surface area contributed by atoms with Crippen LogP contribution in [0.4, 0.5) is 11.5 Å². The molecule has 8 heteroatoms. The van der Waals surface area contributed by atoms with Gasteiger partial charge in [0, 0.05) is 43.0 Å². The lowest BCUT2D eigenvalue weighted by molar-refractivity contribution is 0.102. The summed E-state index contributed by atoms with van der Waals surface area (Å²) in [6.07, 6.45) is 9.17. The minimum Gasteiger partial charge on any atom is -0.357 e. The molecule has 2 N–H and O–H groups in total. The zero-order valence-electron chi connectivity index (χ0n) is 20.6. The molecule has 0 spiro atoms. The van der Waals surface area contributed by atoms with E-state index in [1.807, 2.05) is 42.7 Å². The lowest BCUT2D eigenvalue weighted by Gasteiger charge is -2.31. The Bertz CT molecular complexity index is 1370. The van der Waals surface area contributed by atoms with Crippen LogP contribution in [0.2, 0.25) is 0 Å². The van der Waals surface area contributed by atoms with Gasteiger partial charge in [0.15, 0.2) is 5.69 Å². The molecule has 3 aromatic heterocycles. The molecule has 2 aliphatic heterocycles. The third kappa shape index (κ3) is 4.68. The summed E-state index contributed by atoms with van der Waals surface area (Å²) in [5, 5.41) is 11.0. The molecular weight excluding hydrogens is 450 g/mol. The Hall–Kier alpha value is -3.78. The highest BCUT2D eigenvalue weighted by Crippen LogP contribution is 2.27. The van der Waals surface area contributed by atoms with E-state index in [0.29, 0.717) is 11.4 Å². The Labute approximate surface area is 210 Å². The predicted octanol–water partition coefficient (Wildman–Crippen LogP) is 4.71. The number of anilines is 2. The monoisotopic (exact) mass is 481 g/mol. The van der Waals surface area contributed by atoms with E-state index in [-0.39, 0.29) is 5.91 Å². The van der Waals surface area contributed by atoms with Crippen LogP contribution in [0, 0.1) is 5.92 Å². The third-order valence-corrected chi connectivity index (χ3v) is 7.37. The summed E-state index contributed by atoms with van der Waals surface area (Å²) in [5.74, 6) is 1.47. The number of nitrogens with zero attached hydrogens (tertiary/aromatic N) is 5. The van der Waals surface area contributed by atoms with Crippen molar-refractivity contribution in [3.05, 3.63) is 66.2 Å². The minimum atomic E-state index is -0.260. The minimum absolute atomic E-state index is 0.260. The van der Waals surface area contributed by atoms with E-state index in [2.05, 4.69) is 48.3 Å². The molecular formula is C28H31N7O. The smallest absolute Gasteiger partial charge is 0.276 e. The molecule has 0 unspecified atom stereocenters. The highest BCUT2D eigenvalue weighted by atomic mass is 16.1. The van der Waals surface area contributed by atoms with Gasteiger partial charge in [-0.25, -0.2) is 4.98 Å². The van der Waals surface area contributed by atoms with Crippen LogP contribution in [-0.2, 0) is 6.54 Å². The van der Waals surface area contributed by atoms with Crippen LogP contribution in [0.15, 0.2) is 55.0 Å². The number of amides is 1. The molecule has 36 heavy (non-hydrogen) atoms. The van der Waals surface area contributed by atoms with Crippen LogP contribution in [0.25, 0.3) is 22.0 Å². The van der Waals surface area contributed by atoms with Gasteiger partial charge in [-0.2, -0.15) is 5.10 Å². The summed E-state index contributed by atoms with van der Waals surface area (Å²) in [7, 11) is 0. The van der Waals surface area contributed by atoms with Crippen molar-refractivity contribution in [2.24, 2.45) is 5.92 Å². The number of pyridine rings is 2. The molecule has 2 fully saturated rings. The van der Waals surface area contributed by atoms with Gasteiger partial charge in [-0.3, -0.25) is 19.8 Å². The number of hydrogen-bond donors (Lipinski definition) is 2. The maximum absolute atomic E-state index is 13.1. The van der Waals surface area contributed by atoms with Gasteiger partial charge in [0.1, 0.15) is 5.82 Å². The van der Waals surface area contributed by atoms with Crippen molar-refractivity contribution in [1.29, 1.82) is 0 Å². The largest absolute Gasteiger partial charge is 0.357 e. The van der Waals surface area contributed by atoms with Crippen LogP contribution in [0.5, 0.6) is 0 Å². The van der Waals surface area contributed by atoms with Gasteiger partial charge in [-0.15, -0.1) is 0 Å². The first kappa shape index (κ1) is 22.7. The Morgan fingerprint density at radius 1 is 1.03 bits per heavy atom. The van der Waals surface area contributed by atoms with E-state index < -0.39 is 0 Å². The average Bonchev–Trinajstić information content (AvgIpc) is 3.31. The van der Waals surface area contributed by atoms with Crippen LogP contribution < -0.4 is 10.2 Å². The second kappa shape index (κ2) is 9.70. The van der Waals surface area contributed by atoms with Crippen LogP contribution >= 0.6 is 0 Å². The van der Waals surface area contributed by atoms with E-state index in [9.17, 15) is 4.79 Å². The van der Waals surface area contributed by atoms with Gasteiger partial charge in [0.25, 0.3) is 5.91 Å². The summed E-state index contributed by atoms with van der Waals surface area (Å²) in [6, 6.07) is 12.1. The number of rotatable bonds is 6. The number of aromatic nitrogens is 4. The quantitative estimate of drug-likeness (QED) is 0.414. The molecule has 2 saturated heterocycles. The fourth-order valence-corrected chi connectivity index (χ4v) is 4.97. The fourth-order valence-electron chi connectivity index (χ4n) is 4.97. The normalized spacial score (nSPS) is 16.8. The van der Waals surface area contributed by atoms with Gasteiger partial charge < -0.3 is 10.2 Å². The average molecular weight is 482 g/mol. The van der Waals surface area contributed by atoms with Crippen molar-refractivity contribution in [2.75, 3.05) is 36.4 Å². The molecule has 1 amide bonds. The highest BCUT2D eigenvalue weighted by Gasteiger charge is 2.19. The highest BCUT2D eigenvalue weighted by molar-refractivity contribution is 6.11. The van der Waals surface area contributed by atoms with Crippen LogP contribution in [0.3, 0.4) is 0 Å².